The Hall–Kier alpha value is -1.59. The van der Waals surface area contributed by atoms with Crippen LogP contribution in [0.1, 0.15) is 27.2 Å². The van der Waals surface area contributed by atoms with Crippen molar-refractivity contribution >= 4 is 38.4 Å². The molecule has 0 bridgehead atoms. The van der Waals surface area contributed by atoms with Crippen molar-refractivity contribution in [3.8, 4) is 0 Å². The van der Waals surface area contributed by atoms with Gasteiger partial charge in [0.15, 0.2) is 0 Å². The minimum atomic E-state index is -4.10. The number of hydrogen-bond acceptors (Lipinski definition) is 7. The first-order valence-electron chi connectivity index (χ1n) is 5.98. The predicted octanol–water partition coefficient (Wildman–Crippen LogP) is 0.274. The highest BCUT2D eigenvalue weighted by molar-refractivity contribution is 7.91. The van der Waals surface area contributed by atoms with E-state index >= 15 is 0 Å². The number of nitrogens with zero attached hydrogens (tertiary/aromatic N) is 2. The van der Waals surface area contributed by atoms with E-state index in [1.165, 1.54) is 6.92 Å². The van der Waals surface area contributed by atoms with Crippen molar-refractivity contribution in [2.45, 2.75) is 37.6 Å². The lowest BCUT2D eigenvalue weighted by molar-refractivity contribution is -0.139. The largest absolute Gasteiger partial charge is 0.480 e. The van der Waals surface area contributed by atoms with Gasteiger partial charge in [0, 0.05) is 6.92 Å². The van der Waals surface area contributed by atoms with Gasteiger partial charge in [-0.1, -0.05) is 25.2 Å². The molecule has 1 heterocycles. The maximum Gasteiger partial charge on any atom is 0.321 e. The van der Waals surface area contributed by atoms with Crippen molar-refractivity contribution in [3.63, 3.8) is 0 Å². The summed E-state index contributed by atoms with van der Waals surface area (Å²) in [7, 11) is -4.10. The first-order chi connectivity index (χ1) is 9.61. The number of amides is 1. The Balaban J connectivity index is 2.91. The van der Waals surface area contributed by atoms with E-state index in [1.807, 2.05) is 0 Å². The minimum absolute atomic E-state index is 0.00170. The van der Waals surface area contributed by atoms with Crippen molar-refractivity contribution in [3.05, 3.63) is 0 Å². The second kappa shape index (κ2) is 6.91. The van der Waals surface area contributed by atoms with E-state index in [9.17, 15) is 18.0 Å². The molecule has 0 aromatic carbocycles. The number of carbonyl (C=O) groups excluding carboxylic acids is 1. The van der Waals surface area contributed by atoms with Crippen LogP contribution in [-0.4, -0.2) is 41.6 Å². The first kappa shape index (κ1) is 17.5. The number of carbonyl (C=O) groups is 2. The summed E-state index contributed by atoms with van der Waals surface area (Å²) in [5.74, 6) is -1.68. The molecule has 3 N–H and O–H groups in total. The molecule has 118 valence electrons. The summed E-state index contributed by atoms with van der Waals surface area (Å²) < 4.78 is 25.8. The Morgan fingerprint density at radius 3 is 2.43 bits per heavy atom. The number of rotatable bonds is 7. The van der Waals surface area contributed by atoms with E-state index in [1.54, 1.807) is 13.8 Å². The Morgan fingerprint density at radius 1 is 1.33 bits per heavy atom. The number of nitrogens with one attached hydrogen (secondary N) is 2. The van der Waals surface area contributed by atoms with Crippen LogP contribution in [0.25, 0.3) is 0 Å². The molecule has 1 amide bonds. The second-order valence-electron chi connectivity index (χ2n) is 4.70. The summed E-state index contributed by atoms with van der Waals surface area (Å²) in [5, 5.41) is 18.3. The normalized spacial score (nSPS) is 13.1. The van der Waals surface area contributed by atoms with Crippen LogP contribution in [0.4, 0.5) is 5.13 Å². The molecule has 0 aliphatic heterocycles. The summed E-state index contributed by atoms with van der Waals surface area (Å²) in [5.41, 5.74) is 0. The number of anilines is 1. The number of aliphatic carboxylic acids is 1. The summed E-state index contributed by atoms with van der Waals surface area (Å²) in [6.07, 6.45) is 0.145. The Labute approximate surface area is 125 Å². The average Bonchev–Trinajstić information content (AvgIpc) is 2.75. The highest BCUT2D eigenvalue weighted by Gasteiger charge is 2.28. The second-order valence-corrected chi connectivity index (χ2v) is 7.56. The lowest BCUT2D eigenvalue weighted by Gasteiger charge is -2.15. The lowest BCUT2D eigenvalue weighted by atomic mass is 10.1. The third-order valence-electron chi connectivity index (χ3n) is 2.22. The standard InChI is InChI=1S/C10H16N4O5S2/c1-5(2)4-7(8(16)17)14-21(18,19)10-13-12-9(20-10)11-6(3)15/h5,7,14H,4H2,1-3H3,(H,16,17)(H,11,12,15). The van der Waals surface area contributed by atoms with Crippen molar-refractivity contribution in [2.75, 3.05) is 5.32 Å². The molecule has 0 aliphatic rings. The van der Waals surface area contributed by atoms with E-state index in [0.717, 1.165) is 0 Å². The van der Waals surface area contributed by atoms with E-state index < -0.39 is 32.3 Å². The number of aromatic nitrogens is 2. The molecule has 11 heteroatoms. The van der Waals surface area contributed by atoms with Gasteiger partial charge in [0.25, 0.3) is 10.0 Å². The SMILES string of the molecule is CC(=O)Nc1nnc(S(=O)(=O)NC(CC(C)C)C(=O)O)s1. The molecular formula is C10H16N4O5S2. The van der Waals surface area contributed by atoms with Gasteiger partial charge in [0.1, 0.15) is 6.04 Å². The van der Waals surface area contributed by atoms with E-state index in [-0.39, 0.29) is 17.5 Å². The van der Waals surface area contributed by atoms with Crippen molar-refractivity contribution < 1.29 is 23.1 Å². The summed E-state index contributed by atoms with van der Waals surface area (Å²) in [4.78, 5) is 21.9. The first-order valence-corrected chi connectivity index (χ1v) is 8.28. The lowest BCUT2D eigenvalue weighted by Crippen LogP contribution is -2.41. The summed E-state index contributed by atoms with van der Waals surface area (Å²) in [6.45, 7) is 4.81. The van der Waals surface area contributed by atoms with Crippen LogP contribution < -0.4 is 10.0 Å². The summed E-state index contributed by atoms with van der Waals surface area (Å²) in [6, 6.07) is -1.25. The molecule has 1 atom stereocenters. The maximum absolute atomic E-state index is 12.0. The molecule has 1 unspecified atom stereocenters. The number of carboxylic acids is 1. The van der Waals surface area contributed by atoms with Gasteiger partial charge in [-0.05, 0) is 12.3 Å². The Morgan fingerprint density at radius 2 is 1.95 bits per heavy atom. The van der Waals surface area contributed by atoms with Crippen LogP contribution in [0.2, 0.25) is 0 Å². The molecule has 0 aliphatic carbocycles. The number of hydrogen-bond donors (Lipinski definition) is 3. The molecule has 0 spiro atoms. The van der Waals surface area contributed by atoms with Crippen molar-refractivity contribution in [1.29, 1.82) is 0 Å². The van der Waals surface area contributed by atoms with E-state index in [4.69, 9.17) is 5.11 Å². The van der Waals surface area contributed by atoms with Crippen LogP contribution in [-0.2, 0) is 19.6 Å². The summed E-state index contributed by atoms with van der Waals surface area (Å²) >= 11 is 0.643. The number of carboxylic acid groups (broad SMARTS) is 1. The van der Waals surface area contributed by atoms with E-state index in [0.29, 0.717) is 11.3 Å². The minimum Gasteiger partial charge on any atom is -0.480 e. The molecule has 9 nitrogen and oxygen atoms in total. The fraction of sp³-hybridized carbons (Fsp3) is 0.600. The van der Waals surface area contributed by atoms with Gasteiger partial charge in [-0.15, -0.1) is 10.2 Å². The smallest absolute Gasteiger partial charge is 0.321 e. The quantitative estimate of drug-likeness (QED) is 0.608. The monoisotopic (exact) mass is 336 g/mol. The molecule has 0 fully saturated rings. The van der Waals surface area contributed by atoms with Gasteiger partial charge in [-0.25, -0.2) is 8.42 Å². The molecule has 0 saturated heterocycles. The Bertz CT molecular complexity index is 625. The Kier molecular flexibility index (Phi) is 5.75. The van der Waals surface area contributed by atoms with Gasteiger partial charge in [0.2, 0.25) is 15.4 Å². The van der Waals surface area contributed by atoms with Gasteiger partial charge >= 0.3 is 5.97 Å². The average molecular weight is 336 g/mol. The van der Waals surface area contributed by atoms with Crippen LogP contribution in [0.5, 0.6) is 0 Å². The van der Waals surface area contributed by atoms with Crippen LogP contribution >= 0.6 is 11.3 Å². The molecule has 21 heavy (non-hydrogen) atoms. The van der Waals surface area contributed by atoms with Gasteiger partial charge in [-0.3, -0.25) is 9.59 Å². The van der Waals surface area contributed by atoms with Crippen molar-refractivity contribution in [2.24, 2.45) is 5.92 Å². The molecule has 0 radical (unpaired) electrons. The van der Waals surface area contributed by atoms with Gasteiger partial charge < -0.3 is 10.4 Å². The highest BCUT2D eigenvalue weighted by atomic mass is 32.2. The maximum atomic E-state index is 12.0. The zero-order chi connectivity index (χ0) is 16.2. The third kappa shape index (κ3) is 5.36. The number of sulfonamides is 1. The van der Waals surface area contributed by atoms with Crippen LogP contribution in [0.3, 0.4) is 0 Å². The zero-order valence-electron chi connectivity index (χ0n) is 11.7. The van der Waals surface area contributed by atoms with Gasteiger partial charge in [-0.2, -0.15) is 4.72 Å². The zero-order valence-corrected chi connectivity index (χ0v) is 13.3. The topological polar surface area (TPSA) is 138 Å². The molecular weight excluding hydrogens is 320 g/mol. The van der Waals surface area contributed by atoms with Crippen molar-refractivity contribution in [1.82, 2.24) is 14.9 Å². The van der Waals surface area contributed by atoms with Crippen LogP contribution in [0, 0.1) is 5.92 Å². The fourth-order valence-corrected chi connectivity index (χ4v) is 3.59. The molecule has 1 aromatic rings. The van der Waals surface area contributed by atoms with E-state index in [2.05, 4.69) is 20.2 Å². The third-order valence-corrected chi connectivity index (χ3v) is 4.90. The van der Waals surface area contributed by atoms with Gasteiger partial charge in [0.05, 0.1) is 0 Å². The van der Waals surface area contributed by atoms with Crippen LogP contribution in [0.15, 0.2) is 4.34 Å². The molecule has 0 saturated carbocycles. The fourth-order valence-electron chi connectivity index (χ4n) is 1.43. The molecule has 1 rings (SSSR count). The molecule has 1 aromatic heterocycles. The predicted molar refractivity (Wildman–Crippen MR) is 75.4 cm³/mol. The highest BCUT2D eigenvalue weighted by Crippen LogP contribution is 2.20.